The highest BCUT2D eigenvalue weighted by Gasteiger charge is 2.16. The summed E-state index contributed by atoms with van der Waals surface area (Å²) in [5, 5.41) is 20.1. The molecule has 2 atom stereocenters. The van der Waals surface area contributed by atoms with Crippen molar-refractivity contribution in [3.63, 3.8) is 0 Å². The van der Waals surface area contributed by atoms with E-state index in [2.05, 4.69) is 13.0 Å². The molecule has 0 aliphatic carbocycles. The predicted molar refractivity (Wildman–Crippen MR) is 165 cm³/mol. The molecule has 2 unspecified atom stereocenters. The Morgan fingerprint density at radius 1 is 0.432 bits per heavy atom. The van der Waals surface area contributed by atoms with Crippen LogP contribution in [0.4, 0.5) is 0 Å². The zero-order valence-corrected chi connectivity index (χ0v) is 25.7. The van der Waals surface area contributed by atoms with Gasteiger partial charge in [0, 0.05) is 6.20 Å². The van der Waals surface area contributed by atoms with Crippen LogP contribution in [0.5, 0.6) is 0 Å². The highest BCUT2D eigenvalue weighted by molar-refractivity contribution is 4.85. The summed E-state index contributed by atoms with van der Waals surface area (Å²) in [7, 11) is 0. The molecule has 222 valence electrons. The highest BCUT2D eigenvalue weighted by atomic mass is 16.3. The molecule has 0 bridgehead atoms. The molecule has 0 radical (unpaired) electrons. The Kier molecular flexibility index (Phi) is 29.6. The second-order valence-corrected chi connectivity index (χ2v) is 11.5. The van der Waals surface area contributed by atoms with Crippen LogP contribution in [0.2, 0.25) is 0 Å². The lowest BCUT2D eigenvalue weighted by molar-refractivity contribution is -0.0725. The van der Waals surface area contributed by atoms with Crippen molar-refractivity contribution in [2.75, 3.05) is 0 Å². The minimum absolute atomic E-state index is 0.592. The molecule has 2 N–H and O–H groups in total. The van der Waals surface area contributed by atoms with Crippen molar-refractivity contribution < 1.29 is 10.2 Å². The molecule has 0 spiro atoms. The van der Waals surface area contributed by atoms with E-state index in [1.807, 2.05) is 20.0 Å². The quantitative estimate of drug-likeness (QED) is 0.0726. The summed E-state index contributed by atoms with van der Waals surface area (Å²) >= 11 is 0. The molecule has 0 aromatic rings. The maximum absolute atomic E-state index is 10.0. The summed E-state index contributed by atoms with van der Waals surface area (Å²) in [6.45, 7) is 6.18. The van der Waals surface area contributed by atoms with Gasteiger partial charge in [0.05, 0.1) is 0 Å². The van der Waals surface area contributed by atoms with Gasteiger partial charge >= 0.3 is 0 Å². The van der Waals surface area contributed by atoms with Crippen molar-refractivity contribution in [2.24, 2.45) is 0 Å². The average Bonchev–Trinajstić information content (AvgIpc) is 2.91. The van der Waals surface area contributed by atoms with E-state index >= 15 is 0 Å². The highest BCUT2D eigenvalue weighted by Crippen LogP contribution is 2.16. The first-order valence-corrected chi connectivity index (χ1v) is 17.0. The van der Waals surface area contributed by atoms with Gasteiger partial charge in [0.1, 0.15) is 12.5 Å². The number of allylic oxidation sites excluding steroid dienone is 1. The summed E-state index contributed by atoms with van der Waals surface area (Å²) in [6, 6.07) is 0. The number of unbranched alkanes of at least 4 members (excludes halogenated alkanes) is 24. The topological polar surface area (TPSA) is 43.7 Å². The summed E-state index contributed by atoms with van der Waals surface area (Å²) < 4.78 is 0. The minimum Gasteiger partial charge on any atom is -0.374 e. The Morgan fingerprint density at radius 3 is 0.973 bits per heavy atom. The van der Waals surface area contributed by atoms with E-state index in [0.717, 1.165) is 6.42 Å². The van der Waals surface area contributed by atoms with Gasteiger partial charge < -0.3 is 15.1 Å². The maximum atomic E-state index is 10.0. The van der Waals surface area contributed by atoms with Crippen LogP contribution in [-0.4, -0.2) is 27.6 Å². The van der Waals surface area contributed by atoms with Crippen molar-refractivity contribution >= 4 is 0 Å². The lowest BCUT2D eigenvalue weighted by Gasteiger charge is -2.30. The standard InChI is InChI=1S/C34H69NO2/c1-4-7-8-9-10-11-12-13-14-15-16-17-18-19-20-21-22-23-24-25-26-27-28-29-30-31-32-35(33(36)5-2)34(37)6-3/h31-34,36-37H,4-30H2,1-3H3. The largest absolute Gasteiger partial charge is 0.374 e. The molecule has 3 nitrogen and oxygen atoms in total. The van der Waals surface area contributed by atoms with Crippen molar-refractivity contribution in [1.29, 1.82) is 0 Å². The molecule has 0 fully saturated rings. The van der Waals surface area contributed by atoms with Crippen LogP contribution in [0.1, 0.15) is 194 Å². The zero-order valence-electron chi connectivity index (χ0n) is 25.7. The molecule has 0 aromatic carbocycles. The monoisotopic (exact) mass is 524 g/mol. The summed E-state index contributed by atoms with van der Waals surface area (Å²) in [5.74, 6) is 0. The number of nitrogens with zero attached hydrogens (tertiary/aromatic N) is 1. The number of aliphatic hydroxyl groups is 2. The summed E-state index contributed by atoms with van der Waals surface area (Å²) in [6.07, 6.45) is 39.3. The van der Waals surface area contributed by atoms with E-state index in [1.54, 1.807) is 4.90 Å². The Hall–Kier alpha value is -0.540. The predicted octanol–water partition coefficient (Wildman–Crippen LogP) is 11.0. The van der Waals surface area contributed by atoms with E-state index in [1.165, 1.54) is 154 Å². The number of hydrogen-bond donors (Lipinski definition) is 2. The molecule has 0 aromatic heterocycles. The van der Waals surface area contributed by atoms with Crippen LogP contribution in [0.25, 0.3) is 0 Å². The maximum Gasteiger partial charge on any atom is 0.128 e. The van der Waals surface area contributed by atoms with Gasteiger partial charge in [-0.3, -0.25) is 0 Å². The van der Waals surface area contributed by atoms with Gasteiger partial charge in [0.15, 0.2) is 0 Å². The molecule has 0 saturated heterocycles. The molecule has 0 saturated carbocycles. The van der Waals surface area contributed by atoms with Crippen LogP contribution in [0, 0.1) is 0 Å². The fourth-order valence-corrected chi connectivity index (χ4v) is 5.24. The van der Waals surface area contributed by atoms with Gasteiger partial charge in [0.2, 0.25) is 0 Å². The van der Waals surface area contributed by atoms with Crippen LogP contribution >= 0.6 is 0 Å². The fraction of sp³-hybridized carbons (Fsp3) is 0.941. The lowest BCUT2D eigenvalue weighted by atomic mass is 10.0. The Morgan fingerprint density at radius 2 is 0.703 bits per heavy atom. The first-order chi connectivity index (χ1) is 18.2. The lowest BCUT2D eigenvalue weighted by Crippen LogP contribution is -2.38. The number of aliphatic hydroxyl groups excluding tert-OH is 2. The Bertz CT molecular complexity index is 443. The van der Waals surface area contributed by atoms with Gasteiger partial charge in [-0.05, 0) is 25.7 Å². The second-order valence-electron chi connectivity index (χ2n) is 11.5. The third-order valence-electron chi connectivity index (χ3n) is 7.92. The molecule has 0 aliphatic heterocycles. The average molecular weight is 524 g/mol. The van der Waals surface area contributed by atoms with Crippen molar-refractivity contribution in [3.05, 3.63) is 12.3 Å². The van der Waals surface area contributed by atoms with Gasteiger partial charge in [-0.25, -0.2) is 0 Å². The van der Waals surface area contributed by atoms with Crippen LogP contribution in [-0.2, 0) is 0 Å². The minimum atomic E-state index is -0.592. The second kappa shape index (κ2) is 30.0. The molecule has 0 amide bonds. The van der Waals surface area contributed by atoms with Crippen molar-refractivity contribution in [2.45, 2.75) is 207 Å². The summed E-state index contributed by atoms with van der Waals surface area (Å²) in [5.41, 5.74) is 0. The molecule has 0 aliphatic rings. The fourth-order valence-electron chi connectivity index (χ4n) is 5.24. The molecule has 0 rings (SSSR count). The first kappa shape index (κ1) is 36.5. The van der Waals surface area contributed by atoms with Gasteiger partial charge in [0.25, 0.3) is 0 Å². The van der Waals surface area contributed by atoms with E-state index in [0.29, 0.717) is 12.8 Å². The summed E-state index contributed by atoms with van der Waals surface area (Å²) in [4.78, 5) is 1.68. The smallest absolute Gasteiger partial charge is 0.128 e. The SMILES string of the molecule is CCCCCCCCCCCCCCCCCCCCCCCCCCC=CN(C(O)CC)C(O)CC. The zero-order chi connectivity index (χ0) is 27.2. The number of rotatable bonds is 30. The van der Waals surface area contributed by atoms with Crippen LogP contribution in [0.15, 0.2) is 12.3 Å². The van der Waals surface area contributed by atoms with E-state index < -0.39 is 12.5 Å². The molecule has 3 heteroatoms. The van der Waals surface area contributed by atoms with Crippen molar-refractivity contribution in [1.82, 2.24) is 4.90 Å². The van der Waals surface area contributed by atoms with Crippen LogP contribution in [0.3, 0.4) is 0 Å². The number of hydrogen-bond acceptors (Lipinski definition) is 3. The van der Waals surface area contributed by atoms with E-state index in [4.69, 9.17) is 0 Å². The molecule has 37 heavy (non-hydrogen) atoms. The van der Waals surface area contributed by atoms with E-state index in [-0.39, 0.29) is 0 Å². The molecular weight excluding hydrogens is 454 g/mol. The molecular formula is C34H69NO2. The Labute approximate surface area is 233 Å². The normalized spacial score (nSPS) is 13.4. The van der Waals surface area contributed by atoms with Gasteiger partial charge in [-0.15, -0.1) is 0 Å². The van der Waals surface area contributed by atoms with E-state index in [9.17, 15) is 10.2 Å². The van der Waals surface area contributed by atoms with Gasteiger partial charge in [-0.2, -0.15) is 0 Å². The third-order valence-corrected chi connectivity index (χ3v) is 7.92. The van der Waals surface area contributed by atoms with Gasteiger partial charge in [-0.1, -0.05) is 175 Å². The third kappa shape index (κ3) is 25.5. The van der Waals surface area contributed by atoms with Crippen molar-refractivity contribution in [3.8, 4) is 0 Å². The Balaban J connectivity index is 3.27. The van der Waals surface area contributed by atoms with Crippen LogP contribution < -0.4 is 0 Å². The molecule has 0 heterocycles. The first-order valence-electron chi connectivity index (χ1n) is 17.0.